The Kier molecular flexibility index (Phi) is 4.21. The summed E-state index contributed by atoms with van der Waals surface area (Å²) in [5.74, 6) is 6.68. The molecule has 2 heterocycles. The van der Waals surface area contributed by atoms with Crippen LogP contribution < -0.4 is 25.6 Å². The van der Waals surface area contributed by atoms with E-state index in [1.54, 1.807) is 12.1 Å². The number of hydrogen-bond acceptors (Lipinski definition) is 9. The molecule has 1 aromatic carbocycles. The second-order valence-electron chi connectivity index (χ2n) is 4.27. The van der Waals surface area contributed by atoms with E-state index in [1.165, 1.54) is 49.1 Å². The van der Waals surface area contributed by atoms with Crippen LogP contribution in [0.5, 0.6) is 11.5 Å². The predicted octanol–water partition coefficient (Wildman–Crippen LogP) is 2.04. The maximum Gasteiger partial charge on any atom is 0.197 e. The highest BCUT2D eigenvalue weighted by Crippen LogP contribution is 2.35. The first-order valence-electron chi connectivity index (χ1n) is 6.16. The largest absolute Gasteiger partial charge is 0.496 e. The highest BCUT2D eigenvalue weighted by Gasteiger charge is 2.17. The zero-order valence-corrected chi connectivity index (χ0v) is 13.4. The number of nitrogens with zero attached hydrogens (tertiary/aromatic N) is 1. The zero-order chi connectivity index (χ0) is 15.7. The summed E-state index contributed by atoms with van der Waals surface area (Å²) in [6, 6.07) is 4.72. The maximum absolute atomic E-state index is 12.4. The van der Waals surface area contributed by atoms with Gasteiger partial charge < -0.3 is 13.9 Å². The lowest BCUT2D eigenvalue weighted by Crippen LogP contribution is -2.34. The molecule has 9 heteroatoms. The van der Waals surface area contributed by atoms with Gasteiger partial charge in [-0.25, -0.2) is 11.0 Å². The number of ether oxygens (including phenoxy) is 2. The summed E-state index contributed by atoms with van der Waals surface area (Å²) in [5, 5.41) is 4.71. The van der Waals surface area contributed by atoms with Crippen LogP contribution in [0.1, 0.15) is 0 Å². The van der Waals surface area contributed by atoms with E-state index in [0.717, 1.165) is 5.03 Å². The van der Waals surface area contributed by atoms with Gasteiger partial charge in [0.15, 0.2) is 10.5 Å². The van der Waals surface area contributed by atoms with Crippen molar-refractivity contribution < 1.29 is 13.9 Å². The monoisotopic (exact) mass is 339 g/mol. The molecule has 22 heavy (non-hydrogen) atoms. The molecule has 0 spiro atoms. The Hall–Kier alpha value is -1.81. The molecular weight excluding hydrogens is 326 g/mol. The standard InChI is InChI=1S/C13H13N3O4S2/c1-18-7-3-9(19-2)13-8(17)5-12(20-10(13)4-7)22-11-6-21-15-16(11)14/h3-6,15H,14H2,1-2H3. The summed E-state index contributed by atoms with van der Waals surface area (Å²) in [5.41, 5.74) is 0.208. The first kappa shape index (κ1) is 15.1. The van der Waals surface area contributed by atoms with Gasteiger partial charge in [0.1, 0.15) is 27.5 Å². The summed E-state index contributed by atoms with van der Waals surface area (Å²) >= 11 is 2.58. The van der Waals surface area contributed by atoms with Gasteiger partial charge in [-0.15, -0.1) is 0 Å². The summed E-state index contributed by atoms with van der Waals surface area (Å²) in [4.78, 5) is 15.2. The number of hydrazine groups is 2. The van der Waals surface area contributed by atoms with Crippen molar-refractivity contribution in [1.82, 2.24) is 9.95 Å². The van der Waals surface area contributed by atoms with Crippen molar-refractivity contribution in [3.63, 3.8) is 0 Å². The van der Waals surface area contributed by atoms with E-state index in [2.05, 4.69) is 4.83 Å². The van der Waals surface area contributed by atoms with Crippen molar-refractivity contribution in [3.8, 4) is 11.5 Å². The van der Waals surface area contributed by atoms with Gasteiger partial charge in [-0.1, -0.05) is 0 Å². The number of rotatable bonds is 4. The van der Waals surface area contributed by atoms with Crippen LogP contribution in [-0.2, 0) is 0 Å². The van der Waals surface area contributed by atoms with Crippen LogP contribution in [0.4, 0.5) is 0 Å². The van der Waals surface area contributed by atoms with Gasteiger partial charge in [0.05, 0.1) is 14.2 Å². The van der Waals surface area contributed by atoms with E-state index in [-0.39, 0.29) is 5.43 Å². The van der Waals surface area contributed by atoms with Crippen molar-refractivity contribution in [3.05, 3.63) is 38.9 Å². The van der Waals surface area contributed by atoms with Crippen molar-refractivity contribution in [2.24, 2.45) is 5.84 Å². The molecule has 0 atom stereocenters. The minimum Gasteiger partial charge on any atom is -0.496 e. The van der Waals surface area contributed by atoms with Gasteiger partial charge in [0, 0.05) is 23.6 Å². The Labute approximate surface area is 134 Å². The number of thioether (sulfide) groups is 1. The molecule has 0 fully saturated rings. The minimum absolute atomic E-state index is 0.189. The lowest BCUT2D eigenvalue weighted by molar-refractivity contribution is 0.368. The molecule has 2 aromatic rings. The molecule has 0 bridgehead atoms. The SMILES string of the molecule is COc1cc(OC)c2c(=O)cc(SC3=CSNN3N)oc2c1. The molecule has 1 aliphatic rings. The summed E-state index contributed by atoms with van der Waals surface area (Å²) < 4.78 is 16.2. The normalized spacial score (nSPS) is 14.3. The third-order valence-electron chi connectivity index (χ3n) is 2.95. The summed E-state index contributed by atoms with van der Waals surface area (Å²) in [7, 11) is 3.03. The Morgan fingerprint density at radius 3 is 2.77 bits per heavy atom. The smallest absolute Gasteiger partial charge is 0.197 e. The second-order valence-corrected chi connectivity index (χ2v) is 5.95. The number of nitrogens with one attached hydrogen (secondary N) is 1. The van der Waals surface area contributed by atoms with Crippen molar-refractivity contribution in [1.29, 1.82) is 0 Å². The molecule has 0 saturated heterocycles. The molecule has 0 amide bonds. The van der Waals surface area contributed by atoms with Crippen LogP contribution in [-0.4, -0.2) is 19.3 Å². The van der Waals surface area contributed by atoms with Crippen molar-refractivity contribution in [2.75, 3.05) is 14.2 Å². The van der Waals surface area contributed by atoms with Crippen molar-refractivity contribution in [2.45, 2.75) is 5.09 Å². The number of fused-ring (bicyclic) bond motifs is 1. The van der Waals surface area contributed by atoms with Crippen LogP contribution in [0.2, 0.25) is 0 Å². The van der Waals surface area contributed by atoms with Gasteiger partial charge in [0.2, 0.25) is 0 Å². The van der Waals surface area contributed by atoms with E-state index in [1.807, 2.05) is 5.41 Å². The minimum atomic E-state index is -0.189. The maximum atomic E-state index is 12.4. The summed E-state index contributed by atoms with van der Waals surface area (Å²) in [6.07, 6.45) is 0. The van der Waals surface area contributed by atoms with Gasteiger partial charge in [0.25, 0.3) is 0 Å². The Morgan fingerprint density at radius 1 is 1.32 bits per heavy atom. The fourth-order valence-corrected chi connectivity index (χ4v) is 3.47. The third-order valence-corrected chi connectivity index (χ3v) is 4.67. The van der Waals surface area contributed by atoms with Crippen LogP contribution in [0.15, 0.2) is 42.9 Å². The van der Waals surface area contributed by atoms with E-state index in [9.17, 15) is 4.79 Å². The highest BCUT2D eigenvalue weighted by molar-refractivity contribution is 8.06. The molecular formula is C13H13N3O4S2. The molecule has 0 unspecified atom stereocenters. The second kappa shape index (κ2) is 6.13. The molecule has 1 aliphatic heterocycles. The van der Waals surface area contributed by atoms with Crippen LogP contribution in [0.25, 0.3) is 11.0 Å². The molecule has 3 rings (SSSR count). The van der Waals surface area contributed by atoms with Gasteiger partial charge in [-0.05, 0) is 23.7 Å². The quantitative estimate of drug-likeness (QED) is 0.641. The molecule has 0 radical (unpaired) electrons. The number of methoxy groups -OCH3 is 2. The lowest BCUT2D eigenvalue weighted by Gasteiger charge is -2.13. The molecule has 1 aromatic heterocycles. The van der Waals surface area contributed by atoms with Crippen LogP contribution in [0, 0.1) is 0 Å². The van der Waals surface area contributed by atoms with E-state index >= 15 is 0 Å². The van der Waals surface area contributed by atoms with Gasteiger partial charge >= 0.3 is 0 Å². The third kappa shape index (κ3) is 2.75. The highest BCUT2D eigenvalue weighted by atomic mass is 32.2. The Bertz CT molecular complexity index is 806. The van der Waals surface area contributed by atoms with E-state index < -0.39 is 0 Å². The zero-order valence-electron chi connectivity index (χ0n) is 11.8. The van der Waals surface area contributed by atoms with E-state index in [0.29, 0.717) is 27.6 Å². The molecule has 0 saturated carbocycles. The van der Waals surface area contributed by atoms with Crippen molar-refractivity contribution >= 4 is 34.7 Å². The summed E-state index contributed by atoms with van der Waals surface area (Å²) in [6.45, 7) is 0. The first-order valence-corrected chi connectivity index (χ1v) is 7.86. The number of nitrogens with two attached hydrogens (primary N) is 1. The molecule has 116 valence electrons. The van der Waals surface area contributed by atoms with Crippen LogP contribution in [0.3, 0.4) is 0 Å². The number of hydrogen-bond donors (Lipinski definition) is 2. The fourth-order valence-electron chi connectivity index (χ4n) is 1.95. The number of benzene rings is 1. The van der Waals surface area contributed by atoms with E-state index in [4.69, 9.17) is 19.7 Å². The average molecular weight is 339 g/mol. The Balaban J connectivity index is 2.09. The topological polar surface area (TPSA) is 90.0 Å². The average Bonchev–Trinajstić information content (AvgIpc) is 2.91. The molecule has 7 nitrogen and oxygen atoms in total. The lowest BCUT2D eigenvalue weighted by atomic mass is 10.2. The first-order chi connectivity index (χ1) is 10.6. The van der Waals surface area contributed by atoms with Gasteiger partial charge in [-0.2, -0.15) is 4.83 Å². The van der Waals surface area contributed by atoms with Gasteiger partial charge in [-0.3, -0.25) is 4.79 Å². The Morgan fingerprint density at radius 2 is 2.14 bits per heavy atom. The van der Waals surface area contributed by atoms with Crippen LogP contribution >= 0.6 is 23.7 Å². The molecule has 3 N–H and O–H groups in total. The molecule has 0 aliphatic carbocycles. The predicted molar refractivity (Wildman–Crippen MR) is 86.3 cm³/mol. The fraction of sp³-hybridized carbons (Fsp3) is 0.154.